The first-order valence-corrected chi connectivity index (χ1v) is 13.0. The maximum Gasteiger partial charge on any atom is 0.475 e. The topological polar surface area (TPSA) is 94.4 Å². The summed E-state index contributed by atoms with van der Waals surface area (Å²) in [5, 5.41) is 7.89. The molecule has 0 aliphatic heterocycles. The number of hydrogen-bond acceptors (Lipinski definition) is 6. The highest BCUT2D eigenvalue weighted by Crippen LogP contribution is 2.56. The van der Waals surface area contributed by atoms with E-state index in [1.165, 1.54) is 5.34 Å². The van der Waals surface area contributed by atoms with Gasteiger partial charge in [-0.25, -0.2) is 4.57 Å². The molecule has 0 aromatic rings. The van der Waals surface area contributed by atoms with Gasteiger partial charge in [-0.15, -0.1) is 4.91 Å². The van der Waals surface area contributed by atoms with Crippen LogP contribution in [0.3, 0.4) is 0 Å². The minimum atomic E-state index is -3.52. The van der Waals surface area contributed by atoms with Gasteiger partial charge >= 0.3 is 7.82 Å². The van der Waals surface area contributed by atoms with Crippen LogP contribution in [-0.2, 0) is 18.1 Å². The molecule has 1 N–H and O–H groups in total. The molecule has 0 aromatic carbocycles. The Morgan fingerprint density at radius 1 is 0.724 bits per heavy atom. The van der Waals surface area contributed by atoms with Gasteiger partial charge in [0.2, 0.25) is 0 Å². The quantitative estimate of drug-likeness (QED) is 0.0943. The Morgan fingerprint density at radius 3 is 1.31 bits per heavy atom. The summed E-state index contributed by atoms with van der Waals surface area (Å²) in [6.07, 6.45) is 13.1. The number of rotatable bonds is 19. The van der Waals surface area contributed by atoms with E-state index in [9.17, 15) is 4.57 Å². The van der Waals surface area contributed by atoms with E-state index in [-0.39, 0.29) is 5.60 Å². The predicted octanol–water partition coefficient (Wildman–Crippen LogP) is 8.20. The summed E-state index contributed by atoms with van der Waals surface area (Å²) in [6.45, 7) is 11.7. The molecule has 8 heteroatoms. The second kappa shape index (κ2) is 20.8. The van der Waals surface area contributed by atoms with Crippen LogP contribution in [0.1, 0.15) is 118 Å². The van der Waals surface area contributed by atoms with Gasteiger partial charge in [-0.05, 0) is 32.1 Å². The average molecular weight is 440 g/mol. The lowest BCUT2D eigenvalue weighted by molar-refractivity contribution is -0.0136. The van der Waals surface area contributed by atoms with E-state index in [0.29, 0.717) is 13.2 Å². The zero-order chi connectivity index (χ0) is 22.4. The van der Waals surface area contributed by atoms with Gasteiger partial charge in [0.15, 0.2) is 5.34 Å². The average Bonchev–Trinajstić information content (AvgIpc) is 2.70. The first-order valence-electron chi connectivity index (χ1n) is 11.5. The van der Waals surface area contributed by atoms with Crippen LogP contribution in [-0.4, -0.2) is 24.0 Å². The van der Waals surface area contributed by atoms with Crippen LogP contribution in [0.2, 0.25) is 0 Å². The van der Waals surface area contributed by atoms with Crippen molar-refractivity contribution in [1.82, 2.24) is 0 Å². The third-order valence-corrected chi connectivity index (χ3v) is 6.37. The van der Waals surface area contributed by atoms with E-state index in [1.54, 1.807) is 0 Å². The van der Waals surface area contributed by atoms with Crippen LogP contribution < -0.4 is 0 Å². The second-order valence-corrected chi connectivity index (χ2v) is 9.08. The molecule has 0 saturated heterocycles. The molecule has 0 amide bonds. The fourth-order valence-corrected chi connectivity index (χ4v) is 4.61. The third kappa shape index (κ3) is 16.9. The molecule has 0 aromatic heterocycles. The smallest absolute Gasteiger partial charge is 0.379 e. The Hall–Kier alpha value is -0.490. The SMILES string of the molecule is CCCCOP(=O)(OCCCC)OC(CCCC)(CCCC)CCCC.O=NO. The Bertz CT molecular complexity index is 373. The van der Waals surface area contributed by atoms with E-state index >= 15 is 0 Å². The Labute approximate surface area is 178 Å². The van der Waals surface area contributed by atoms with E-state index in [0.717, 1.165) is 83.5 Å². The second-order valence-electron chi connectivity index (χ2n) is 7.49. The fourth-order valence-electron chi connectivity index (χ4n) is 2.98. The highest BCUT2D eigenvalue weighted by molar-refractivity contribution is 7.48. The molecule has 0 rings (SSSR count). The van der Waals surface area contributed by atoms with Crippen LogP contribution in [0.25, 0.3) is 0 Å². The molecule has 0 bridgehead atoms. The van der Waals surface area contributed by atoms with Crippen LogP contribution in [0.5, 0.6) is 0 Å². The van der Waals surface area contributed by atoms with Crippen molar-refractivity contribution in [3.05, 3.63) is 4.91 Å². The maximum atomic E-state index is 13.4. The molecule has 0 heterocycles. The molecule has 0 unspecified atom stereocenters. The lowest BCUT2D eigenvalue weighted by Gasteiger charge is -2.36. The van der Waals surface area contributed by atoms with Crippen LogP contribution in [0.15, 0.2) is 5.34 Å². The molecule has 0 spiro atoms. The van der Waals surface area contributed by atoms with Gasteiger partial charge in [0.05, 0.1) is 18.8 Å². The standard InChI is InChI=1S/C21H45O4P.HNO2/c1-6-11-16-21(17-12-7-2,18-13-8-3)25-26(22,23-19-14-9-4)24-20-15-10-5;2-1-3/h6-20H2,1-5H3;(H,2,3). The lowest BCUT2D eigenvalue weighted by atomic mass is 9.86. The van der Waals surface area contributed by atoms with Gasteiger partial charge in [-0.3, -0.25) is 13.6 Å². The van der Waals surface area contributed by atoms with Crippen molar-refractivity contribution in [3.8, 4) is 0 Å². The van der Waals surface area contributed by atoms with E-state index < -0.39 is 7.82 Å². The summed E-state index contributed by atoms with van der Waals surface area (Å²) in [5.74, 6) is 0. The molecule has 29 heavy (non-hydrogen) atoms. The molecule has 0 saturated carbocycles. The van der Waals surface area contributed by atoms with Crippen molar-refractivity contribution in [3.63, 3.8) is 0 Å². The highest BCUT2D eigenvalue weighted by atomic mass is 31.2. The summed E-state index contributed by atoms with van der Waals surface area (Å²) in [4.78, 5) is 8.11. The number of phosphoric acid groups is 1. The third-order valence-electron chi connectivity index (χ3n) is 4.76. The van der Waals surface area contributed by atoms with Crippen molar-refractivity contribution in [1.29, 1.82) is 0 Å². The van der Waals surface area contributed by atoms with Crippen molar-refractivity contribution in [2.24, 2.45) is 5.34 Å². The Kier molecular flexibility index (Phi) is 22.0. The summed E-state index contributed by atoms with van der Waals surface area (Å²) >= 11 is 0. The van der Waals surface area contributed by atoms with Gasteiger partial charge in [0.1, 0.15) is 0 Å². The Balaban J connectivity index is 0. The summed E-state index contributed by atoms with van der Waals surface area (Å²) in [6, 6.07) is 0. The lowest BCUT2D eigenvalue weighted by Crippen LogP contribution is -2.32. The molecular weight excluding hydrogens is 393 g/mol. The van der Waals surface area contributed by atoms with Crippen LogP contribution in [0.4, 0.5) is 0 Å². The molecule has 0 aliphatic rings. The van der Waals surface area contributed by atoms with E-state index in [2.05, 4.69) is 34.6 Å². The van der Waals surface area contributed by atoms with E-state index in [1.807, 2.05) is 0 Å². The van der Waals surface area contributed by atoms with Crippen molar-refractivity contribution in [2.75, 3.05) is 13.2 Å². The summed E-state index contributed by atoms with van der Waals surface area (Å²) < 4.78 is 31.2. The van der Waals surface area contributed by atoms with Gasteiger partial charge in [-0.1, -0.05) is 86.0 Å². The largest absolute Gasteiger partial charge is 0.475 e. The molecule has 176 valence electrons. The number of unbranched alkanes of at least 4 members (excludes halogenated alkanes) is 5. The molecular formula is C21H46NO6P. The first-order chi connectivity index (χ1) is 13.9. The van der Waals surface area contributed by atoms with Crippen molar-refractivity contribution in [2.45, 2.75) is 124 Å². The summed E-state index contributed by atoms with van der Waals surface area (Å²) in [5.41, 5.74) is -0.379. The summed E-state index contributed by atoms with van der Waals surface area (Å²) in [7, 11) is -3.52. The normalized spacial score (nSPS) is 11.8. The van der Waals surface area contributed by atoms with Crippen molar-refractivity contribution < 1.29 is 23.3 Å². The van der Waals surface area contributed by atoms with Gasteiger partial charge in [0.25, 0.3) is 0 Å². The van der Waals surface area contributed by atoms with Crippen molar-refractivity contribution >= 4 is 7.82 Å². The molecule has 7 nitrogen and oxygen atoms in total. The number of phosphoric ester groups is 1. The predicted molar refractivity (Wildman–Crippen MR) is 119 cm³/mol. The molecule has 0 fully saturated rings. The minimum Gasteiger partial charge on any atom is -0.379 e. The van der Waals surface area contributed by atoms with Gasteiger partial charge in [-0.2, -0.15) is 0 Å². The first kappa shape index (κ1) is 30.7. The molecule has 0 atom stereocenters. The molecule has 0 radical (unpaired) electrons. The zero-order valence-electron chi connectivity index (χ0n) is 19.5. The van der Waals surface area contributed by atoms with Crippen LogP contribution >= 0.6 is 7.82 Å². The zero-order valence-corrected chi connectivity index (χ0v) is 20.4. The monoisotopic (exact) mass is 439 g/mol. The highest BCUT2D eigenvalue weighted by Gasteiger charge is 2.40. The van der Waals surface area contributed by atoms with E-state index in [4.69, 9.17) is 23.7 Å². The molecule has 0 aliphatic carbocycles. The number of hydrogen-bond donors (Lipinski definition) is 1. The van der Waals surface area contributed by atoms with Crippen LogP contribution in [0, 0.1) is 4.91 Å². The van der Waals surface area contributed by atoms with Gasteiger partial charge < -0.3 is 5.21 Å². The Morgan fingerprint density at radius 2 is 1.03 bits per heavy atom. The maximum absolute atomic E-state index is 13.4. The minimum absolute atomic E-state index is 0.379. The number of nitrogens with zero attached hydrogens (tertiary/aromatic N) is 1. The van der Waals surface area contributed by atoms with Gasteiger partial charge in [0, 0.05) is 0 Å². The fraction of sp³-hybridized carbons (Fsp3) is 1.00.